The second-order valence-electron chi connectivity index (χ2n) is 4.67. The maximum Gasteiger partial charge on any atom is 0.266 e. The van der Waals surface area contributed by atoms with Crippen LogP contribution in [0, 0.1) is 5.82 Å². The molecule has 1 aliphatic heterocycles. The summed E-state index contributed by atoms with van der Waals surface area (Å²) < 4.78 is 24.5. The molecule has 3 rings (SSSR count). The van der Waals surface area contributed by atoms with Crippen LogP contribution in [0.5, 0.6) is 0 Å². The Balaban J connectivity index is 1.85. The molecule has 2 aromatic rings. The number of rotatable bonds is 3. The molecule has 1 aromatic heterocycles. The van der Waals surface area contributed by atoms with Crippen molar-refractivity contribution in [2.75, 3.05) is 31.2 Å². The highest BCUT2D eigenvalue weighted by Crippen LogP contribution is 2.24. The fourth-order valence-electron chi connectivity index (χ4n) is 2.17. The van der Waals surface area contributed by atoms with Crippen molar-refractivity contribution in [3.05, 3.63) is 29.6 Å². The zero-order valence-electron chi connectivity index (χ0n) is 11.3. The normalized spacial score (nSPS) is 15.6. The first-order valence-electron chi connectivity index (χ1n) is 6.73. The van der Waals surface area contributed by atoms with Gasteiger partial charge in [0.15, 0.2) is 0 Å². The van der Waals surface area contributed by atoms with E-state index in [0.29, 0.717) is 24.7 Å². The van der Waals surface area contributed by atoms with Crippen molar-refractivity contribution in [2.24, 2.45) is 0 Å². The molecule has 1 aromatic carbocycles. The summed E-state index contributed by atoms with van der Waals surface area (Å²) in [7, 11) is 0. The second-order valence-corrected chi connectivity index (χ2v) is 4.67. The van der Waals surface area contributed by atoms with Gasteiger partial charge in [0.25, 0.3) is 11.8 Å². The summed E-state index contributed by atoms with van der Waals surface area (Å²) in [6, 6.07) is 5.07. The van der Waals surface area contributed by atoms with Gasteiger partial charge in [-0.3, -0.25) is 0 Å². The monoisotopic (exact) mass is 277 g/mol. The van der Waals surface area contributed by atoms with E-state index in [1.807, 2.05) is 17.9 Å². The summed E-state index contributed by atoms with van der Waals surface area (Å²) in [6.07, 6.45) is 0.792. The number of ether oxygens (including phenoxy) is 1. The van der Waals surface area contributed by atoms with Gasteiger partial charge >= 0.3 is 0 Å². The van der Waals surface area contributed by atoms with Crippen LogP contribution in [-0.4, -0.2) is 36.4 Å². The third kappa shape index (κ3) is 2.51. The lowest BCUT2D eigenvalue weighted by atomic mass is 10.1. The molecule has 2 heterocycles. The summed E-state index contributed by atoms with van der Waals surface area (Å²) in [6.45, 7) is 4.71. The third-order valence-corrected chi connectivity index (χ3v) is 3.38. The van der Waals surface area contributed by atoms with E-state index in [1.54, 1.807) is 6.07 Å². The third-order valence-electron chi connectivity index (χ3n) is 3.38. The summed E-state index contributed by atoms with van der Waals surface area (Å²) in [5.41, 5.74) is 1.29. The Kier molecular flexibility index (Phi) is 3.64. The van der Waals surface area contributed by atoms with Gasteiger partial charge in [0.1, 0.15) is 5.82 Å². The number of aryl methyl sites for hydroxylation is 1. The van der Waals surface area contributed by atoms with Crippen molar-refractivity contribution in [3.8, 4) is 11.5 Å². The second kappa shape index (κ2) is 5.58. The molecule has 6 heteroatoms. The van der Waals surface area contributed by atoms with E-state index in [-0.39, 0.29) is 11.7 Å². The first-order valence-corrected chi connectivity index (χ1v) is 6.73. The molecule has 0 radical (unpaired) electrons. The van der Waals surface area contributed by atoms with Gasteiger partial charge in [-0.25, -0.2) is 4.39 Å². The molecule has 0 amide bonds. The van der Waals surface area contributed by atoms with Crippen LogP contribution in [0.4, 0.5) is 10.3 Å². The Morgan fingerprint density at radius 2 is 2.10 bits per heavy atom. The topological polar surface area (TPSA) is 51.4 Å². The molecule has 0 spiro atoms. The average molecular weight is 277 g/mol. The first-order chi connectivity index (χ1) is 9.78. The minimum absolute atomic E-state index is 0.214. The van der Waals surface area contributed by atoms with E-state index in [0.717, 1.165) is 25.1 Å². The van der Waals surface area contributed by atoms with E-state index in [2.05, 4.69) is 10.1 Å². The van der Waals surface area contributed by atoms with Crippen molar-refractivity contribution >= 4 is 5.95 Å². The molecule has 0 unspecified atom stereocenters. The van der Waals surface area contributed by atoms with Crippen LogP contribution in [0.3, 0.4) is 0 Å². The highest BCUT2D eigenvalue weighted by atomic mass is 19.1. The molecule has 106 valence electrons. The van der Waals surface area contributed by atoms with Gasteiger partial charge in [-0.1, -0.05) is 13.0 Å². The quantitative estimate of drug-likeness (QED) is 0.861. The van der Waals surface area contributed by atoms with Crippen LogP contribution in [0.1, 0.15) is 12.5 Å². The maximum absolute atomic E-state index is 14.0. The largest absolute Gasteiger partial charge is 0.378 e. The van der Waals surface area contributed by atoms with Crippen molar-refractivity contribution in [1.82, 2.24) is 10.1 Å². The van der Waals surface area contributed by atoms with Gasteiger partial charge in [0.05, 0.1) is 18.8 Å². The predicted molar refractivity (Wildman–Crippen MR) is 72.1 cm³/mol. The SMILES string of the molecule is CCc1ccc(-c2nc(N3CCOCC3)no2)c(F)c1. The van der Waals surface area contributed by atoms with Crippen LogP contribution in [0.2, 0.25) is 0 Å². The van der Waals surface area contributed by atoms with E-state index in [1.165, 1.54) is 6.07 Å². The molecular formula is C14H16FN3O2. The number of anilines is 1. The molecule has 0 aliphatic carbocycles. The number of nitrogens with zero attached hydrogens (tertiary/aromatic N) is 3. The summed E-state index contributed by atoms with van der Waals surface area (Å²) >= 11 is 0. The van der Waals surface area contributed by atoms with E-state index < -0.39 is 0 Å². The number of morpholine rings is 1. The molecule has 0 bridgehead atoms. The summed E-state index contributed by atoms with van der Waals surface area (Å²) in [5, 5.41) is 3.92. The summed E-state index contributed by atoms with van der Waals surface area (Å²) in [4.78, 5) is 6.24. The van der Waals surface area contributed by atoms with E-state index in [9.17, 15) is 4.39 Å². The first kappa shape index (κ1) is 13.1. The average Bonchev–Trinajstić information content (AvgIpc) is 2.97. The van der Waals surface area contributed by atoms with Gasteiger partial charge in [0.2, 0.25) is 0 Å². The zero-order chi connectivity index (χ0) is 13.9. The van der Waals surface area contributed by atoms with Crippen molar-refractivity contribution in [1.29, 1.82) is 0 Å². The van der Waals surface area contributed by atoms with Crippen molar-refractivity contribution in [3.63, 3.8) is 0 Å². The number of hydrogen-bond donors (Lipinski definition) is 0. The van der Waals surface area contributed by atoms with Crippen LogP contribution in [-0.2, 0) is 11.2 Å². The Morgan fingerprint density at radius 1 is 1.30 bits per heavy atom. The fraction of sp³-hybridized carbons (Fsp3) is 0.429. The van der Waals surface area contributed by atoms with Gasteiger partial charge in [-0.15, -0.1) is 0 Å². The van der Waals surface area contributed by atoms with Crippen molar-refractivity contribution in [2.45, 2.75) is 13.3 Å². The van der Waals surface area contributed by atoms with E-state index in [4.69, 9.17) is 9.26 Å². The standard InChI is InChI=1S/C14H16FN3O2/c1-2-10-3-4-11(12(15)9-10)13-16-14(17-20-13)18-5-7-19-8-6-18/h3-4,9H,2,5-8H2,1H3. The Morgan fingerprint density at radius 3 is 2.80 bits per heavy atom. The Labute approximate surface area is 116 Å². The number of benzene rings is 1. The van der Waals surface area contributed by atoms with Crippen LogP contribution in [0.25, 0.3) is 11.5 Å². The number of hydrogen-bond acceptors (Lipinski definition) is 5. The lowest BCUT2D eigenvalue weighted by molar-refractivity contribution is 0.121. The molecule has 1 fully saturated rings. The molecule has 0 saturated carbocycles. The van der Waals surface area contributed by atoms with Gasteiger partial charge in [-0.05, 0) is 29.3 Å². The lowest BCUT2D eigenvalue weighted by Crippen LogP contribution is -2.36. The van der Waals surface area contributed by atoms with Gasteiger partial charge in [-0.2, -0.15) is 4.98 Å². The van der Waals surface area contributed by atoms with Crippen LogP contribution in [0.15, 0.2) is 22.7 Å². The predicted octanol–water partition coefficient (Wildman–Crippen LogP) is 2.27. The van der Waals surface area contributed by atoms with Gasteiger partial charge in [0, 0.05) is 13.1 Å². The van der Waals surface area contributed by atoms with Gasteiger partial charge < -0.3 is 14.2 Å². The molecule has 0 N–H and O–H groups in total. The van der Waals surface area contributed by atoms with Crippen molar-refractivity contribution < 1.29 is 13.7 Å². The maximum atomic E-state index is 14.0. The molecule has 1 aliphatic rings. The number of halogens is 1. The molecule has 0 atom stereocenters. The number of aromatic nitrogens is 2. The smallest absolute Gasteiger partial charge is 0.266 e. The minimum Gasteiger partial charge on any atom is -0.378 e. The van der Waals surface area contributed by atoms with E-state index >= 15 is 0 Å². The molecular weight excluding hydrogens is 261 g/mol. The summed E-state index contributed by atoms with van der Waals surface area (Å²) in [5.74, 6) is 0.371. The van der Waals surface area contributed by atoms with Crippen LogP contribution < -0.4 is 4.90 Å². The molecule has 20 heavy (non-hydrogen) atoms. The fourth-order valence-corrected chi connectivity index (χ4v) is 2.17. The molecule has 1 saturated heterocycles. The Hall–Kier alpha value is -1.95. The Bertz CT molecular complexity index is 594. The highest BCUT2D eigenvalue weighted by Gasteiger charge is 2.19. The minimum atomic E-state index is -0.332. The zero-order valence-corrected chi connectivity index (χ0v) is 11.3. The van der Waals surface area contributed by atoms with Crippen LogP contribution >= 0.6 is 0 Å². The highest BCUT2D eigenvalue weighted by molar-refractivity contribution is 5.56. The lowest BCUT2D eigenvalue weighted by Gasteiger charge is -2.24. The molecule has 5 nitrogen and oxygen atoms in total.